The second kappa shape index (κ2) is 7.24. The second-order valence-electron chi connectivity index (χ2n) is 4.32. The van der Waals surface area contributed by atoms with Gasteiger partial charge in [0.05, 0.1) is 13.2 Å². The first kappa shape index (κ1) is 15.6. The summed E-state index contributed by atoms with van der Waals surface area (Å²) in [5, 5.41) is 11.1. The Hall–Kier alpha value is -2.42. The van der Waals surface area contributed by atoms with Crippen LogP contribution in [0.2, 0.25) is 0 Å². The van der Waals surface area contributed by atoms with E-state index in [0.717, 1.165) is 6.07 Å². The number of nitriles is 1. The molecule has 1 amide bonds. The van der Waals surface area contributed by atoms with E-state index < -0.39 is 29.7 Å². The molecule has 1 aromatic rings. The van der Waals surface area contributed by atoms with Gasteiger partial charge in [-0.15, -0.1) is 0 Å². The van der Waals surface area contributed by atoms with Crippen molar-refractivity contribution in [2.75, 3.05) is 7.11 Å². The third-order valence-electron chi connectivity index (χ3n) is 2.81. The fourth-order valence-electron chi connectivity index (χ4n) is 1.68. The van der Waals surface area contributed by atoms with Gasteiger partial charge in [-0.25, -0.2) is 9.18 Å². The molecule has 2 atom stereocenters. The van der Waals surface area contributed by atoms with Crippen molar-refractivity contribution in [2.24, 2.45) is 5.92 Å². The van der Waals surface area contributed by atoms with Crippen LogP contribution in [0.15, 0.2) is 24.3 Å². The Balaban J connectivity index is 2.87. The molecule has 0 bridgehead atoms. The number of rotatable bonds is 5. The molecule has 0 aromatic heterocycles. The number of nitrogens with one attached hydrogen (secondary N) is 1. The van der Waals surface area contributed by atoms with Crippen LogP contribution in [-0.4, -0.2) is 25.0 Å². The number of benzene rings is 1. The Morgan fingerprint density at radius 2 is 2.20 bits per heavy atom. The molecule has 0 aliphatic carbocycles. The number of amides is 1. The number of nitrogens with zero attached hydrogens (tertiary/aromatic N) is 1. The summed E-state index contributed by atoms with van der Waals surface area (Å²) in [5.41, 5.74) is 0.100. The lowest BCUT2D eigenvalue weighted by molar-refractivity contribution is -0.144. The van der Waals surface area contributed by atoms with Crippen molar-refractivity contribution in [1.29, 1.82) is 5.26 Å². The van der Waals surface area contributed by atoms with Gasteiger partial charge in [-0.1, -0.05) is 13.0 Å². The Bertz CT molecular complexity index is 539. The van der Waals surface area contributed by atoms with Gasteiger partial charge < -0.3 is 10.1 Å². The topological polar surface area (TPSA) is 79.2 Å². The molecule has 0 aliphatic heterocycles. The molecule has 1 rings (SSSR count). The van der Waals surface area contributed by atoms with Crippen molar-refractivity contribution in [3.8, 4) is 6.07 Å². The van der Waals surface area contributed by atoms with Crippen molar-refractivity contribution >= 4 is 11.9 Å². The molecular weight excluding hydrogens is 263 g/mol. The maximum absolute atomic E-state index is 13.1. The smallest absolute Gasteiger partial charge is 0.328 e. The van der Waals surface area contributed by atoms with Crippen LogP contribution in [0.4, 0.5) is 4.39 Å². The summed E-state index contributed by atoms with van der Waals surface area (Å²) in [6.45, 7) is 1.65. The first-order chi connectivity index (χ1) is 9.49. The standard InChI is InChI=1S/C14H15FN2O3/c1-9(6-7-16)12(14(19)20-2)17-13(18)10-4-3-5-11(15)8-10/h3-5,8-9,12H,6H2,1-2H3,(H,17,18)/t9-,12-/m0/s1. The third-order valence-corrected chi connectivity index (χ3v) is 2.81. The molecule has 106 valence electrons. The summed E-state index contributed by atoms with van der Waals surface area (Å²) in [6, 6.07) is 6.10. The zero-order chi connectivity index (χ0) is 15.1. The summed E-state index contributed by atoms with van der Waals surface area (Å²) in [7, 11) is 1.20. The van der Waals surface area contributed by atoms with Gasteiger partial charge in [-0.3, -0.25) is 4.79 Å². The van der Waals surface area contributed by atoms with Crippen molar-refractivity contribution in [2.45, 2.75) is 19.4 Å². The van der Waals surface area contributed by atoms with Crippen molar-refractivity contribution in [1.82, 2.24) is 5.32 Å². The van der Waals surface area contributed by atoms with Gasteiger partial charge in [-0.05, 0) is 18.2 Å². The third kappa shape index (κ3) is 4.05. The normalized spacial score (nSPS) is 12.9. The molecule has 0 spiro atoms. The van der Waals surface area contributed by atoms with Crippen molar-refractivity contribution in [3.63, 3.8) is 0 Å². The minimum absolute atomic E-state index is 0.0865. The van der Waals surface area contributed by atoms with Crippen LogP contribution in [0.1, 0.15) is 23.7 Å². The number of carbonyl (C=O) groups is 2. The Morgan fingerprint density at radius 1 is 1.50 bits per heavy atom. The van der Waals surface area contributed by atoms with Gasteiger partial charge in [0, 0.05) is 17.9 Å². The molecule has 0 heterocycles. The van der Waals surface area contributed by atoms with E-state index in [1.165, 1.54) is 25.3 Å². The van der Waals surface area contributed by atoms with Crippen LogP contribution in [-0.2, 0) is 9.53 Å². The highest BCUT2D eigenvalue weighted by Gasteiger charge is 2.28. The molecular formula is C14H15FN2O3. The van der Waals surface area contributed by atoms with E-state index in [-0.39, 0.29) is 12.0 Å². The SMILES string of the molecule is COC(=O)[C@@H](NC(=O)c1cccc(F)c1)[C@@H](C)CC#N. The summed E-state index contributed by atoms with van der Waals surface area (Å²) >= 11 is 0. The number of hydrogen-bond donors (Lipinski definition) is 1. The Morgan fingerprint density at radius 3 is 2.75 bits per heavy atom. The maximum atomic E-state index is 13.1. The maximum Gasteiger partial charge on any atom is 0.328 e. The minimum Gasteiger partial charge on any atom is -0.467 e. The van der Waals surface area contributed by atoms with Crippen LogP contribution in [0, 0.1) is 23.1 Å². The monoisotopic (exact) mass is 278 g/mol. The van der Waals surface area contributed by atoms with E-state index in [0.29, 0.717) is 0 Å². The van der Waals surface area contributed by atoms with Crippen molar-refractivity contribution in [3.05, 3.63) is 35.6 Å². The van der Waals surface area contributed by atoms with Crippen LogP contribution in [0.25, 0.3) is 0 Å². The van der Waals surface area contributed by atoms with Crippen molar-refractivity contribution < 1.29 is 18.7 Å². The fraction of sp³-hybridized carbons (Fsp3) is 0.357. The summed E-state index contributed by atoms with van der Waals surface area (Å²) in [6.07, 6.45) is 0.0865. The van der Waals surface area contributed by atoms with Crippen LogP contribution in [0.3, 0.4) is 0 Å². The second-order valence-corrected chi connectivity index (χ2v) is 4.32. The molecule has 0 saturated carbocycles. The van der Waals surface area contributed by atoms with Gasteiger partial charge in [0.1, 0.15) is 11.9 Å². The average Bonchev–Trinajstić information content (AvgIpc) is 2.43. The molecule has 1 N–H and O–H groups in total. The Kier molecular flexibility index (Phi) is 5.66. The van der Waals surface area contributed by atoms with E-state index >= 15 is 0 Å². The molecule has 0 saturated heterocycles. The number of ether oxygens (including phenoxy) is 1. The highest BCUT2D eigenvalue weighted by molar-refractivity contribution is 5.96. The van der Waals surface area contributed by atoms with Gasteiger partial charge in [0.25, 0.3) is 5.91 Å². The molecule has 0 fully saturated rings. The van der Waals surface area contributed by atoms with Crippen LogP contribution < -0.4 is 5.32 Å². The lowest BCUT2D eigenvalue weighted by Gasteiger charge is -2.21. The molecule has 5 nitrogen and oxygen atoms in total. The summed E-state index contributed by atoms with van der Waals surface area (Å²) < 4.78 is 17.7. The number of carbonyl (C=O) groups excluding carboxylic acids is 2. The summed E-state index contributed by atoms with van der Waals surface area (Å²) in [4.78, 5) is 23.6. The van der Waals surface area contributed by atoms with Gasteiger partial charge in [0.15, 0.2) is 0 Å². The predicted molar refractivity (Wildman–Crippen MR) is 69.1 cm³/mol. The van der Waals surface area contributed by atoms with Gasteiger partial charge in [0.2, 0.25) is 0 Å². The zero-order valence-electron chi connectivity index (χ0n) is 11.2. The number of methoxy groups -OCH3 is 1. The van der Waals surface area contributed by atoms with Crippen LogP contribution in [0.5, 0.6) is 0 Å². The number of esters is 1. The first-order valence-corrected chi connectivity index (χ1v) is 6.00. The predicted octanol–water partition coefficient (Wildman–Crippen LogP) is 1.65. The van der Waals surface area contributed by atoms with Crippen LogP contribution >= 0.6 is 0 Å². The lowest BCUT2D eigenvalue weighted by atomic mass is 9.98. The van der Waals surface area contributed by atoms with E-state index in [2.05, 4.69) is 10.1 Å². The minimum atomic E-state index is -0.949. The van der Waals surface area contributed by atoms with E-state index in [4.69, 9.17) is 5.26 Å². The first-order valence-electron chi connectivity index (χ1n) is 6.00. The van der Waals surface area contributed by atoms with E-state index in [1.807, 2.05) is 6.07 Å². The van der Waals surface area contributed by atoms with E-state index in [9.17, 15) is 14.0 Å². The van der Waals surface area contributed by atoms with Gasteiger partial charge in [-0.2, -0.15) is 5.26 Å². The average molecular weight is 278 g/mol. The molecule has 1 aromatic carbocycles. The number of hydrogen-bond acceptors (Lipinski definition) is 4. The van der Waals surface area contributed by atoms with Gasteiger partial charge >= 0.3 is 5.97 Å². The molecule has 0 radical (unpaired) electrons. The highest BCUT2D eigenvalue weighted by atomic mass is 19.1. The summed E-state index contributed by atoms with van der Waals surface area (Å²) in [5.74, 6) is -2.19. The molecule has 6 heteroatoms. The Labute approximate surface area is 116 Å². The lowest BCUT2D eigenvalue weighted by Crippen LogP contribution is -2.45. The fourth-order valence-corrected chi connectivity index (χ4v) is 1.68. The van der Waals surface area contributed by atoms with E-state index in [1.54, 1.807) is 6.92 Å². The highest BCUT2D eigenvalue weighted by Crippen LogP contribution is 2.11. The zero-order valence-corrected chi connectivity index (χ0v) is 11.2. The molecule has 20 heavy (non-hydrogen) atoms. The number of halogens is 1. The quantitative estimate of drug-likeness (QED) is 0.830. The largest absolute Gasteiger partial charge is 0.467 e. The molecule has 0 unspecified atom stereocenters. The molecule has 0 aliphatic rings.